The van der Waals surface area contributed by atoms with Crippen molar-refractivity contribution in [3.8, 4) is 11.3 Å². The van der Waals surface area contributed by atoms with E-state index in [9.17, 15) is 0 Å². The molecular weight excluding hydrogens is 341 g/mol. The average molecular weight is 360 g/mol. The van der Waals surface area contributed by atoms with Crippen LogP contribution in [0.4, 0.5) is 0 Å². The zero-order chi connectivity index (χ0) is 16.0. The largest absolute Gasteiger partial charge is 0.494 e. The van der Waals surface area contributed by atoms with Crippen LogP contribution in [0.1, 0.15) is 27.7 Å². The van der Waals surface area contributed by atoms with Crippen LogP contribution < -0.4 is 5.46 Å². The summed E-state index contributed by atoms with van der Waals surface area (Å²) in [4.78, 5) is 4.42. The molecule has 0 saturated carbocycles. The summed E-state index contributed by atoms with van der Waals surface area (Å²) in [5, 5.41) is 0. The maximum Gasteiger partial charge on any atom is 0.494 e. The van der Waals surface area contributed by atoms with Gasteiger partial charge >= 0.3 is 7.12 Å². The second-order valence-corrected chi connectivity index (χ2v) is 7.49. The lowest BCUT2D eigenvalue weighted by Crippen LogP contribution is -2.41. The van der Waals surface area contributed by atoms with Gasteiger partial charge < -0.3 is 9.31 Å². The van der Waals surface area contributed by atoms with Crippen LogP contribution in [0.2, 0.25) is 0 Å². The summed E-state index contributed by atoms with van der Waals surface area (Å²) in [6, 6.07) is 12.1. The van der Waals surface area contributed by atoms with Gasteiger partial charge in [-0.3, -0.25) is 4.98 Å². The van der Waals surface area contributed by atoms with Crippen LogP contribution in [0.25, 0.3) is 11.3 Å². The molecule has 1 aromatic heterocycles. The van der Waals surface area contributed by atoms with Crippen molar-refractivity contribution in [3.05, 3.63) is 47.1 Å². The molecular formula is C17H19BBrNO2. The predicted molar refractivity (Wildman–Crippen MR) is 93.1 cm³/mol. The van der Waals surface area contributed by atoms with Crippen molar-refractivity contribution < 1.29 is 9.31 Å². The molecule has 1 fully saturated rings. The summed E-state index contributed by atoms with van der Waals surface area (Å²) in [7, 11) is -0.350. The lowest BCUT2D eigenvalue weighted by atomic mass is 9.78. The molecule has 22 heavy (non-hydrogen) atoms. The molecule has 3 rings (SSSR count). The third-order valence-corrected chi connectivity index (χ3v) is 4.92. The summed E-state index contributed by atoms with van der Waals surface area (Å²) in [5.74, 6) is 0. The molecule has 0 aliphatic carbocycles. The average Bonchev–Trinajstić information content (AvgIpc) is 2.68. The maximum atomic E-state index is 6.11. The summed E-state index contributed by atoms with van der Waals surface area (Å²) in [5.41, 5.74) is 2.32. The molecule has 1 aliphatic heterocycles. The fourth-order valence-electron chi connectivity index (χ4n) is 2.39. The van der Waals surface area contributed by atoms with Crippen molar-refractivity contribution >= 4 is 28.5 Å². The molecule has 1 aromatic carbocycles. The highest BCUT2D eigenvalue weighted by Gasteiger charge is 2.51. The minimum absolute atomic E-state index is 0.332. The minimum atomic E-state index is -0.350. The van der Waals surface area contributed by atoms with E-state index in [4.69, 9.17) is 9.31 Å². The van der Waals surface area contributed by atoms with Crippen LogP contribution in [0.5, 0.6) is 0 Å². The highest BCUT2D eigenvalue weighted by Crippen LogP contribution is 2.36. The Bertz CT molecular complexity index is 687. The second-order valence-electron chi connectivity index (χ2n) is 6.57. The van der Waals surface area contributed by atoms with E-state index in [1.165, 1.54) is 0 Å². The van der Waals surface area contributed by atoms with Crippen LogP contribution in [0.3, 0.4) is 0 Å². The van der Waals surface area contributed by atoms with Gasteiger partial charge in [0, 0.05) is 10.7 Å². The lowest BCUT2D eigenvalue weighted by molar-refractivity contribution is 0.00578. The number of rotatable bonds is 2. The van der Waals surface area contributed by atoms with Crippen LogP contribution in [-0.4, -0.2) is 23.3 Å². The Morgan fingerprint density at radius 3 is 2.32 bits per heavy atom. The lowest BCUT2D eigenvalue weighted by Gasteiger charge is -2.32. The Labute approximate surface area is 140 Å². The minimum Gasteiger partial charge on any atom is -0.399 e. The van der Waals surface area contributed by atoms with Crippen molar-refractivity contribution in [2.24, 2.45) is 0 Å². The number of hydrogen-bond donors (Lipinski definition) is 0. The van der Waals surface area contributed by atoms with E-state index >= 15 is 0 Å². The van der Waals surface area contributed by atoms with E-state index in [2.05, 4.69) is 54.7 Å². The molecule has 0 atom stereocenters. The molecule has 114 valence electrons. The van der Waals surface area contributed by atoms with Gasteiger partial charge in [-0.05, 0) is 50.9 Å². The molecule has 0 spiro atoms. The van der Waals surface area contributed by atoms with E-state index in [1.54, 1.807) is 6.20 Å². The van der Waals surface area contributed by atoms with Gasteiger partial charge in [-0.1, -0.05) is 40.2 Å². The summed E-state index contributed by atoms with van der Waals surface area (Å²) in [6.07, 6.45) is 1.79. The van der Waals surface area contributed by atoms with Gasteiger partial charge in [-0.15, -0.1) is 0 Å². The Kier molecular flexibility index (Phi) is 3.92. The number of hydrogen-bond acceptors (Lipinski definition) is 3. The number of aromatic nitrogens is 1. The van der Waals surface area contributed by atoms with Gasteiger partial charge in [0.2, 0.25) is 0 Å². The Balaban J connectivity index is 1.93. The van der Waals surface area contributed by atoms with E-state index < -0.39 is 0 Å². The van der Waals surface area contributed by atoms with Crippen molar-refractivity contribution in [1.29, 1.82) is 0 Å². The first-order valence-electron chi connectivity index (χ1n) is 7.36. The van der Waals surface area contributed by atoms with Gasteiger partial charge in [-0.25, -0.2) is 0 Å². The van der Waals surface area contributed by atoms with Gasteiger partial charge in [-0.2, -0.15) is 0 Å². The molecule has 2 aromatic rings. The van der Waals surface area contributed by atoms with Crippen LogP contribution in [0.15, 0.2) is 47.1 Å². The third kappa shape index (κ3) is 2.85. The standard InChI is InChI=1S/C17H19BBrNO2/c1-16(2)17(3,4)22-18(21-16)13-7-5-6-12(10-13)15-11-14(19)8-9-20-15/h5-11H,1-4H3. The van der Waals surface area contributed by atoms with Crippen molar-refractivity contribution in [2.75, 3.05) is 0 Å². The highest BCUT2D eigenvalue weighted by molar-refractivity contribution is 9.10. The molecule has 0 amide bonds. The topological polar surface area (TPSA) is 31.4 Å². The van der Waals surface area contributed by atoms with Crippen molar-refractivity contribution in [3.63, 3.8) is 0 Å². The quantitative estimate of drug-likeness (QED) is 0.764. The smallest absolute Gasteiger partial charge is 0.399 e. The summed E-state index contributed by atoms with van der Waals surface area (Å²) < 4.78 is 13.2. The van der Waals surface area contributed by atoms with Crippen molar-refractivity contribution in [1.82, 2.24) is 4.98 Å². The van der Waals surface area contributed by atoms with E-state index in [-0.39, 0.29) is 18.3 Å². The molecule has 0 radical (unpaired) electrons. The van der Waals surface area contributed by atoms with Gasteiger partial charge in [0.25, 0.3) is 0 Å². The Morgan fingerprint density at radius 1 is 1.00 bits per heavy atom. The second kappa shape index (κ2) is 5.48. The first kappa shape index (κ1) is 15.7. The fourth-order valence-corrected chi connectivity index (χ4v) is 2.72. The van der Waals surface area contributed by atoms with Crippen LogP contribution in [0, 0.1) is 0 Å². The van der Waals surface area contributed by atoms with E-state index in [0.29, 0.717) is 0 Å². The number of nitrogens with zero attached hydrogens (tertiary/aromatic N) is 1. The summed E-state index contributed by atoms with van der Waals surface area (Å²) in [6.45, 7) is 8.25. The maximum absolute atomic E-state index is 6.11. The molecule has 5 heteroatoms. The predicted octanol–water partition coefficient (Wildman–Crippen LogP) is 3.81. The van der Waals surface area contributed by atoms with Gasteiger partial charge in [0.15, 0.2) is 0 Å². The zero-order valence-electron chi connectivity index (χ0n) is 13.3. The molecule has 0 unspecified atom stereocenters. The number of benzene rings is 1. The van der Waals surface area contributed by atoms with E-state index in [0.717, 1.165) is 21.2 Å². The zero-order valence-corrected chi connectivity index (χ0v) is 14.8. The number of pyridine rings is 1. The number of halogens is 1. The molecule has 1 saturated heterocycles. The monoisotopic (exact) mass is 359 g/mol. The first-order valence-corrected chi connectivity index (χ1v) is 8.15. The SMILES string of the molecule is CC1(C)OB(c2cccc(-c3cc(Br)ccn3)c2)OC1(C)C. The van der Waals surface area contributed by atoms with Gasteiger partial charge in [0.05, 0.1) is 16.9 Å². The van der Waals surface area contributed by atoms with Crippen LogP contribution in [-0.2, 0) is 9.31 Å². The van der Waals surface area contributed by atoms with E-state index in [1.807, 2.05) is 30.3 Å². The Morgan fingerprint density at radius 2 is 1.68 bits per heavy atom. The molecule has 2 heterocycles. The molecule has 0 N–H and O–H groups in total. The van der Waals surface area contributed by atoms with Gasteiger partial charge in [0.1, 0.15) is 0 Å². The Hall–Kier alpha value is -1.17. The molecule has 1 aliphatic rings. The first-order chi connectivity index (χ1) is 10.3. The van der Waals surface area contributed by atoms with Crippen molar-refractivity contribution in [2.45, 2.75) is 38.9 Å². The fraction of sp³-hybridized carbons (Fsp3) is 0.353. The molecule has 0 bridgehead atoms. The third-order valence-electron chi connectivity index (χ3n) is 4.43. The van der Waals surface area contributed by atoms with Crippen LogP contribution >= 0.6 is 15.9 Å². The molecule has 3 nitrogen and oxygen atoms in total. The normalized spacial score (nSPS) is 19.4. The summed E-state index contributed by atoms with van der Waals surface area (Å²) >= 11 is 3.48. The highest BCUT2D eigenvalue weighted by atomic mass is 79.9.